The van der Waals surface area contributed by atoms with Gasteiger partial charge in [0.25, 0.3) is 0 Å². The Morgan fingerprint density at radius 1 is 0.889 bits per heavy atom. The van der Waals surface area contributed by atoms with E-state index < -0.39 is 0 Å². The number of ketones is 1. The van der Waals surface area contributed by atoms with Gasteiger partial charge in [0, 0.05) is 6.42 Å². The lowest BCUT2D eigenvalue weighted by molar-refractivity contribution is -0.116. The Kier molecular flexibility index (Phi) is 3.88. The number of rotatable bonds is 4. The third kappa shape index (κ3) is 3.52. The van der Waals surface area contributed by atoms with Crippen molar-refractivity contribution in [3.63, 3.8) is 0 Å². The molecule has 0 saturated carbocycles. The second-order valence-corrected chi connectivity index (χ2v) is 4.50. The first kappa shape index (κ1) is 12.5. The highest BCUT2D eigenvalue weighted by Gasteiger charge is 2.00. The highest BCUT2D eigenvalue weighted by atomic mass is 19.1. The van der Waals surface area contributed by atoms with Gasteiger partial charge in [-0.3, -0.25) is 4.79 Å². The highest BCUT2D eigenvalue weighted by Crippen LogP contribution is 2.12. The van der Waals surface area contributed by atoms with Gasteiger partial charge >= 0.3 is 0 Å². The van der Waals surface area contributed by atoms with Gasteiger partial charge in [-0.15, -0.1) is 0 Å². The van der Waals surface area contributed by atoms with E-state index >= 15 is 0 Å². The molecule has 0 amide bonds. The molecule has 0 radical (unpaired) electrons. The number of hydrogen-bond donors (Lipinski definition) is 0. The molecule has 0 saturated heterocycles. The van der Waals surface area contributed by atoms with Gasteiger partial charge in [-0.1, -0.05) is 36.4 Å². The van der Waals surface area contributed by atoms with Gasteiger partial charge in [-0.25, -0.2) is 4.39 Å². The molecule has 2 rings (SSSR count). The third-order valence-electron chi connectivity index (χ3n) is 2.80. The molecule has 2 aromatic rings. The van der Waals surface area contributed by atoms with Gasteiger partial charge in [0.05, 0.1) is 0 Å². The molecule has 2 aromatic carbocycles. The molecule has 0 aliphatic heterocycles. The summed E-state index contributed by atoms with van der Waals surface area (Å²) >= 11 is 0. The van der Waals surface area contributed by atoms with E-state index in [1.165, 1.54) is 12.1 Å². The summed E-state index contributed by atoms with van der Waals surface area (Å²) in [6.45, 7) is 1.59. The summed E-state index contributed by atoms with van der Waals surface area (Å²) < 4.78 is 12.8. The molecule has 92 valence electrons. The van der Waals surface area contributed by atoms with Crippen LogP contribution >= 0.6 is 0 Å². The van der Waals surface area contributed by atoms with Crippen LogP contribution < -0.4 is 0 Å². The predicted octanol–water partition coefficient (Wildman–Crippen LogP) is 3.55. The number of carbonyl (C=O) groups excluding carboxylic acids is 1. The Morgan fingerprint density at radius 2 is 1.33 bits per heavy atom. The fraction of sp³-hybridized carbons (Fsp3) is 0.188. The Labute approximate surface area is 106 Å². The summed E-state index contributed by atoms with van der Waals surface area (Å²) in [5, 5.41) is 0. The normalized spacial score (nSPS) is 10.3. The molecule has 0 bridgehead atoms. The van der Waals surface area contributed by atoms with E-state index in [1.807, 2.05) is 24.3 Å². The summed E-state index contributed by atoms with van der Waals surface area (Å²) in [7, 11) is 0. The molecule has 0 aliphatic carbocycles. The van der Waals surface area contributed by atoms with Gasteiger partial charge in [0.2, 0.25) is 0 Å². The smallest absolute Gasteiger partial charge is 0.134 e. The zero-order valence-electron chi connectivity index (χ0n) is 10.3. The van der Waals surface area contributed by atoms with Gasteiger partial charge in [0.15, 0.2) is 0 Å². The zero-order chi connectivity index (χ0) is 13.0. The van der Waals surface area contributed by atoms with Crippen molar-refractivity contribution in [2.45, 2.75) is 19.8 Å². The van der Waals surface area contributed by atoms with E-state index in [-0.39, 0.29) is 11.6 Å². The van der Waals surface area contributed by atoms with Crippen molar-refractivity contribution >= 4 is 5.78 Å². The SMILES string of the molecule is CC(=O)Cc1ccc(Cc2ccc(F)cc2)cc1. The molecule has 0 aliphatic rings. The maximum Gasteiger partial charge on any atom is 0.134 e. The van der Waals surface area contributed by atoms with Crippen LogP contribution in [0.4, 0.5) is 4.39 Å². The van der Waals surface area contributed by atoms with Crippen molar-refractivity contribution in [2.75, 3.05) is 0 Å². The van der Waals surface area contributed by atoms with E-state index in [0.29, 0.717) is 6.42 Å². The van der Waals surface area contributed by atoms with E-state index in [0.717, 1.165) is 23.1 Å². The number of halogens is 1. The average molecular weight is 242 g/mol. The Balaban J connectivity index is 2.06. The quantitative estimate of drug-likeness (QED) is 0.801. The molecular weight excluding hydrogens is 227 g/mol. The minimum absolute atomic E-state index is 0.168. The Bertz CT molecular complexity index is 526. The molecule has 18 heavy (non-hydrogen) atoms. The summed E-state index contributed by atoms with van der Waals surface area (Å²) in [6, 6.07) is 14.5. The minimum Gasteiger partial charge on any atom is -0.300 e. The van der Waals surface area contributed by atoms with Crippen LogP contribution in [0, 0.1) is 5.82 Å². The van der Waals surface area contributed by atoms with Crippen molar-refractivity contribution in [1.29, 1.82) is 0 Å². The average Bonchev–Trinajstić information content (AvgIpc) is 2.34. The number of carbonyl (C=O) groups is 1. The zero-order valence-corrected chi connectivity index (χ0v) is 10.3. The van der Waals surface area contributed by atoms with Crippen molar-refractivity contribution in [3.8, 4) is 0 Å². The number of hydrogen-bond acceptors (Lipinski definition) is 1. The first-order valence-electron chi connectivity index (χ1n) is 5.95. The van der Waals surface area contributed by atoms with E-state index in [9.17, 15) is 9.18 Å². The van der Waals surface area contributed by atoms with Crippen LogP contribution in [-0.4, -0.2) is 5.78 Å². The first-order valence-corrected chi connectivity index (χ1v) is 5.95. The first-order chi connectivity index (χ1) is 8.63. The van der Waals surface area contributed by atoms with Crippen LogP contribution in [-0.2, 0) is 17.6 Å². The second kappa shape index (κ2) is 5.58. The van der Waals surface area contributed by atoms with E-state index in [1.54, 1.807) is 19.1 Å². The molecule has 0 N–H and O–H groups in total. The third-order valence-corrected chi connectivity index (χ3v) is 2.80. The maximum absolute atomic E-state index is 12.8. The monoisotopic (exact) mass is 242 g/mol. The lowest BCUT2D eigenvalue weighted by Crippen LogP contribution is -1.96. The molecule has 0 aromatic heterocycles. The van der Waals surface area contributed by atoms with Crippen molar-refractivity contribution < 1.29 is 9.18 Å². The van der Waals surface area contributed by atoms with Crippen LogP contribution in [0.2, 0.25) is 0 Å². The molecule has 0 unspecified atom stereocenters. The summed E-state index contributed by atoms with van der Waals surface area (Å²) in [5.41, 5.74) is 3.27. The van der Waals surface area contributed by atoms with Crippen molar-refractivity contribution in [1.82, 2.24) is 0 Å². The predicted molar refractivity (Wildman–Crippen MR) is 70.0 cm³/mol. The Morgan fingerprint density at radius 3 is 1.83 bits per heavy atom. The summed E-state index contributed by atoms with van der Waals surface area (Å²) in [4.78, 5) is 11.0. The lowest BCUT2D eigenvalue weighted by atomic mass is 10.0. The van der Waals surface area contributed by atoms with E-state index in [4.69, 9.17) is 0 Å². The van der Waals surface area contributed by atoms with Crippen molar-refractivity contribution in [2.24, 2.45) is 0 Å². The van der Waals surface area contributed by atoms with Crippen LogP contribution in [0.25, 0.3) is 0 Å². The van der Waals surface area contributed by atoms with E-state index in [2.05, 4.69) is 0 Å². The fourth-order valence-electron chi connectivity index (χ4n) is 1.90. The number of benzene rings is 2. The van der Waals surface area contributed by atoms with Crippen molar-refractivity contribution in [3.05, 3.63) is 71.0 Å². The second-order valence-electron chi connectivity index (χ2n) is 4.50. The van der Waals surface area contributed by atoms with Gasteiger partial charge in [-0.05, 0) is 42.2 Å². The van der Waals surface area contributed by atoms with Gasteiger partial charge < -0.3 is 0 Å². The molecule has 2 heteroatoms. The molecule has 1 nitrogen and oxygen atoms in total. The Hall–Kier alpha value is -1.96. The molecular formula is C16H15FO. The molecule has 0 atom stereocenters. The van der Waals surface area contributed by atoms with Crippen LogP contribution in [0.5, 0.6) is 0 Å². The van der Waals surface area contributed by atoms with Crippen LogP contribution in [0.3, 0.4) is 0 Å². The topological polar surface area (TPSA) is 17.1 Å². The summed E-state index contributed by atoms with van der Waals surface area (Å²) in [6.07, 6.45) is 1.26. The number of Topliss-reactive ketones (excluding diaryl/α,β-unsaturated/α-hetero) is 1. The molecule has 0 heterocycles. The lowest BCUT2D eigenvalue weighted by Gasteiger charge is -2.03. The van der Waals surface area contributed by atoms with Gasteiger partial charge in [0.1, 0.15) is 11.6 Å². The summed E-state index contributed by atoms with van der Waals surface area (Å²) in [5.74, 6) is -0.0446. The highest BCUT2D eigenvalue weighted by molar-refractivity contribution is 5.78. The molecule has 0 spiro atoms. The molecule has 0 fully saturated rings. The standard InChI is InChI=1S/C16H15FO/c1-12(18)10-13-2-4-14(5-3-13)11-15-6-8-16(17)9-7-15/h2-9H,10-11H2,1H3. The fourth-order valence-corrected chi connectivity index (χ4v) is 1.90. The minimum atomic E-state index is -0.212. The van der Waals surface area contributed by atoms with Crippen LogP contribution in [0.1, 0.15) is 23.6 Å². The maximum atomic E-state index is 12.8. The van der Waals surface area contributed by atoms with Crippen LogP contribution in [0.15, 0.2) is 48.5 Å². The van der Waals surface area contributed by atoms with Gasteiger partial charge in [-0.2, -0.15) is 0 Å². The largest absolute Gasteiger partial charge is 0.300 e.